The third kappa shape index (κ3) is 2.42. The summed E-state index contributed by atoms with van der Waals surface area (Å²) >= 11 is 0. The zero-order valence-electron chi connectivity index (χ0n) is 10.6. The predicted octanol–water partition coefficient (Wildman–Crippen LogP) is 2.42. The Labute approximate surface area is 109 Å². The molecule has 0 atom stereocenters. The largest absolute Gasteiger partial charge is 0.491 e. The first kappa shape index (κ1) is 13.1. The van der Waals surface area contributed by atoms with Crippen LogP contribution in [0, 0.1) is 12.7 Å². The van der Waals surface area contributed by atoms with E-state index in [-0.39, 0.29) is 11.3 Å². The van der Waals surface area contributed by atoms with E-state index in [0.29, 0.717) is 18.0 Å². The van der Waals surface area contributed by atoms with E-state index in [1.165, 1.54) is 23.0 Å². The average Bonchev–Trinajstić information content (AvgIpc) is 2.74. The molecule has 0 aliphatic carbocycles. The van der Waals surface area contributed by atoms with E-state index in [2.05, 4.69) is 5.10 Å². The molecule has 0 aliphatic heterocycles. The number of halogens is 1. The number of nitrogens with zero attached hydrogens (tertiary/aromatic N) is 2. The first-order valence-corrected chi connectivity index (χ1v) is 5.75. The standard InChI is InChI=1S/C13H13FN2O3/c1-3-19-12-5-4-9(6-11(12)14)16-8(2)10(7-15-16)13(17)18/h4-7H,3H2,1-2H3,(H,17,18). The maximum Gasteiger partial charge on any atom is 0.339 e. The highest BCUT2D eigenvalue weighted by Crippen LogP contribution is 2.22. The Kier molecular flexibility index (Phi) is 3.50. The lowest BCUT2D eigenvalue weighted by Gasteiger charge is -2.08. The number of rotatable bonds is 4. The highest BCUT2D eigenvalue weighted by atomic mass is 19.1. The van der Waals surface area contributed by atoms with E-state index in [0.717, 1.165) is 0 Å². The Morgan fingerprint density at radius 2 is 2.26 bits per heavy atom. The van der Waals surface area contributed by atoms with Gasteiger partial charge in [0, 0.05) is 6.07 Å². The van der Waals surface area contributed by atoms with Gasteiger partial charge in [0.2, 0.25) is 0 Å². The van der Waals surface area contributed by atoms with Crippen molar-refractivity contribution in [2.45, 2.75) is 13.8 Å². The Morgan fingerprint density at radius 3 is 2.79 bits per heavy atom. The molecular formula is C13H13FN2O3. The number of carbonyl (C=O) groups is 1. The molecule has 1 N–H and O–H groups in total. The molecule has 1 aromatic carbocycles. The van der Waals surface area contributed by atoms with E-state index in [1.54, 1.807) is 19.9 Å². The summed E-state index contributed by atoms with van der Waals surface area (Å²) in [6.45, 7) is 3.76. The van der Waals surface area contributed by atoms with E-state index in [4.69, 9.17) is 9.84 Å². The first-order valence-electron chi connectivity index (χ1n) is 5.75. The summed E-state index contributed by atoms with van der Waals surface area (Å²) in [5, 5.41) is 12.9. The number of carboxylic acid groups (broad SMARTS) is 1. The summed E-state index contributed by atoms with van der Waals surface area (Å²) in [7, 11) is 0. The SMILES string of the molecule is CCOc1ccc(-n2ncc(C(=O)O)c2C)cc1F. The monoisotopic (exact) mass is 264 g/mol. The maximum absolute atomic E-state index is 13.7. The van der Waals surface area contributed by atoms with Crippen molar-refractivity contribution < 1.29 is 19.0 Å². The second-order valence-electron chi connectivity index (χ2n) is 3.91. The van der Waals surface area contributed by atoms with Gasteiger partial charge in [-0.2, -0.15) is 5.10 Å². The van der Waals surface area contributed by atoms with Crippen LogP contribution in [-0.2, 0) is 0 Å². The highest BCUT2D eigenvalue weighted by Gasteiger charge is 2.15. The number of ether oxygens (including phenoxy) is 1. The van der Waals surface area contributed by atoms with Gasteiger partial charge in [-0.1, -0.05) is 0 Å². The summed E-state index contributed by atoms with van der Waals surface area (Å²) in [5.41, 5.74) is 0.983. The Bertz CT molecular complexity index is 622. The van der Waals surface area contributed by atoms with Crippen LogP contribution in [0.15, 0.2) is 24.4 Å². The second-order valence-corrected chi connectivity index (χ2v) is 3.91. The van der Waals surface area contributed by atoms with Crippen LogP contribution in [0.1, 0.15) is 23.0 Å². The molecule has 1 aromatic heterocycles. The van der Waals surface area contributed by atoms with Crippen LogP contribution in [0.2, 0.25) is 0 Å². The van der Waals surface area contributed by atoms with Crippen molar-refractivity contribution in [1.82, 2.24) is 9.78 Å². The van der Waals surface area contributed by atoms with Crippen molar-refractivity contribution >= 4 is 5.97 Å². The lowest BCUT2D eigenvalue weighted by Crippen LogP contribution is -2.03. The molecule has 1 heterocycles. The van der Waals surface area contributed by atoms with Gasteiger partial charge in [-0.15, -0.1) is 0 Å². The molecule has 2 aromatic rings. The van der Waals surface area contributed by atoms with Crippen molar-refractivity contribution in [1.29, 1.82) is 0 Å². The van der Waals surface area contributed by atoms with Crippen LogP contribution in [0.5, 0.6) is 5.75 Å². The number of carboxylic acids is 1. The van der Waals surface area contributed by atoms with Crippen molar-refractivity contribution in [2.75, 3.05) is 6.61 Å². The molecule has 100 valence electrons. The average molecular weight is 264 g/mol. The summed E-state index contributed by atoms with van der Waals surface area (Å²) < 4.78 is 20.2. The number of aromatic nitrogens is 2. The molecule has 0 amide bonds. The minimum atomic E-state index is -1.06. The minimum absolute atomic E-state index is 0.0919. The summed E-state index contributed by atoms with van der Waals surface area (Å²) in [6, 6.07) is 4.38. The molecule has 6 heteroatoms. The molecule has 0 spiro atoms. The third-order valence-corrected chi connectivity index (χ3v) is 2.70. The molecule has 0 radical (unpaired) electrons. The van der Waals surface area contributed by atoms with Crippen LogP contribution in [-0.4, -0.2) is 27.5 Å². The Hall–Kier alpha value is -2.37. The van der Waals surface area contributed by atoms with E-state index >= 15 is 0 Å². The zero-order valence-corrected chi connectivity index (χ0v) is 10.6. The van der Waals surface area contributed by atoms with Crippen molar-refractivity contribution in [3.63, 3.8) is 0 Å². The first-order chi connectivity index (χ1) is 9.04. The fraction of sp³-hybridized carbons (Fsp3) is 0.231. The Balaban J connectivity index is 2.42. The van der Waals surface area contributed by atoms with Crippen LogP contribution < -0.4 is 4.74 Å². The van der Waals surface area contributed by atoms with Gasteiger partial charge in [-0.25, -0.2) is 13.9 Å². The van der Waals surface area contributed by atoms with Gasteiger partial charge in [-0.05, 0) is 26.0 Å². The predicted molar refractivity (Wildman–Crippen MR) is 66.4 cm³/mol. The topological polar surface area (TPSA) is 64.4 Å². The van der Waals surface area contributed by atoms with Gasteiger partial charge in [0.05, 0.1) is 24.2 Å². The molecule has 0 saturated carbocycles. The van der Waals surface area contributed by atoms with Gasteiger partial charge in [0.15, 0.2) is 11.6 Å². The van der Waals surface area contributed by atoms with E-state index in [9.17, 15) is 9.18 Å². The summed E-state index contributed by atoms with van der Waals surface area (Å²) in [6.07, 6.45) is 1.24. The molecular weight excluding hydrogens is 251 g/mol. The zero-order chi connectivity index (χ0) is 14.0. The molecule has 0 bridgehead atoms. The molecule has 0 unspecified atom stereocenters. The van der Waals surface area contributed by atoms with Crippen LogP contribution in [0.4, 0.5) is 4.39 Å². The molecule has 0 aliphatic rings. The van der Waals surface area contributed by atoms with Gasteiger partial charge >= 0.3 is 5.97 Å². The molecule has 2 rings (SSSR count). The summed E-state index contributed by atoms with van der Waals surface area (Å²) in [5.74, 6) is -1.41. The van der Waals surface area contributed by atoms with E-state index < -0.39 is 11.8 Å². The fourth-order valence-electron chi connectivity index (χ4n) is 1.77. The van der Waals surface area contributed by atoms with Gasteiger partial charge in [-0.3, -0.25) is 0 Å². The summed E-state index contributed by atoms with van der Waals surface area (Å²) in [4.78, 5) is 10.9. The second kappa shape index (κ2) is 5.09. The Morgan fingerprint density at radius 1 is 1.53 bits per heavy atom. The molecule has 0 fully saturated rings. The van der Waals surface area contributed by atoms with E-state index in [1.807, 2.05) is 0 Å². The minimum Gasteiger partial charge on any atom is -0.491 e. The number of benzene rings is 1. The van der Waals surface area contributed by atoms with Gasteiger partial charge in [0.1, 0.15) is 5.56 Å². The lowest BCUT2D eigenvalue weighted by molar-refractivity contribution is 0.0696. The van der Waals surface area contributed by atoms with Gasteiger partial charge < -0.3 is 9.84 Å². The van der Waals surface area contributed by atoms with Crippen LogP contribution in [0.3, 0.4) is 0 Å². The van der Waals surface area contributed by atoms with Crippen LogP contribution in [0.25, 0.3) is 5.69 Å². The number of aromatic carboxylic acids is 1. The maximum atomic E-state index is 13.7. The van der Waals surface area contributed by atoms with Crippen molar-refractivity contribution in [2.24, 2.45) is 0 Å². The highest BCUT2D eigenvalue weighted by molar-refractivity contribution is 5.88. The quantitative estimate of drug-likeness (QED) is 0.921. The van der Waals surface area contributed by atoms with Crippen molar-refractivity contribution in [3.8, 4) is 11.4 Å². The molecule has 19 heavy (non-hydrogen) atoms. The smallest absolute Gasteiger partial charge is 0.339 e. The number of hydrogen-bond acceptors (Lipinski definition) is 3. The molecule has 5 nitrogen and oxygen atoms in total. The normalized spacial score (nSPS) is 10.5. The fourth-order valence-corrected chi connectivity index (χ4v) is 1.77. The van der Waals surface area contributed by atoms with Crippen LogP contribution >= 0.6 is 0 Å². The number of hydrogen-bond donors (Lipinski definition) is 1. The third-order valence-electron chi connectivity index (χ3n) is 2.70. The lowest BCUT2D eigenvalue weighted by atomic mass is 10.2. The van der Waals surface area contributed by atoms with Crippen molar-refractivity contribution in [3.05, 3.63) is 41.5 Å². The molecule has 0 saturated heterocycles. The van der Waals surface area contributed by atoms with Gasteiger partial charge in [0.25, 0.3) is 0 Å².